The molecule has 0 unspecified atom stereocenters. The molecular weight excluding hydrogens is 446 g/mol. The Bertz CT molecular complexity index is 1120. The smallest absolute Gasteiger partial charge is 0.243 e. The topological polar surface area (TPSA) is 117 Å². The molecule has 1 aromatic carbocycles. The fraction of sp³-hybridized carbons (Fsp3) is 0.462. The van der Waals surface area contributed by atoms with Gasteiger partial charge in [-0.05, 0) is 56.0 Å². The summed E-state index contributed by atoms with van der Waals surface area (Å²) in [6, 6.07) is 8.88. The third-order valence-corrected chi connectivity index (χ3v) is 6.16. The van der Waals surface area contributed by atoms with Crippen LogP contribution in [0.3, 0.4) is 0 Å². The fourth-order valence-electron chi connectivity index (χ4n) is 4.42. The van der Waals surface area contributed by atoms with E-state index in [1.54, 1.807) is 20.3 Å². The molecule has 186 valence electrons. The van der Waals surface area contributed by atoms with Crippen molar-refractivity contribution in [3.05, 3.63) is 46.6 Å². The first-order chi connectivity index (χ1) is 16.7. The van der Waals surface area contributed by atoms with Crippen molar-refractivity contribution in [3.63, 3.8) is 0 Å². The average Bonchev–Trinajstić information content (AvgIpc) is 2.83. The quantitative estimate of drug-likeness (QED) is 0.597. The molecule has 1 aliphatic rings. The van der Waals surface area contributed by atoms with Gasteiger partial charge in [0.15, 0.2) is 11.5 Å². The number of aryl methyl sites for hydroxylation is 2. The molecule has 2 heterocycles. The van der Waals surface area contributed by atoms with Gasteiger partial charge in [0.25, 0.3) is 0 Å². The molecular formula is C26H33N5O4. The van der Waals surface area contributed by atoms with Gasteiger partial charge in [-0.2, -0.15) is 5.26 Å². The predicted molar refractivity (Wildman–Crippen MR) is 133 cm³/mol. The van der Waals surface area contributed by atoms with Crippen molar-refractivity contribution in [2.24, 2.45) is 0 Å². The first-order valence-corrected chi connectivity index (χ1v) is 11.7. The monoisotopic (exact) mass is 479 g/mol. The lowest BCUT2D eigenvalue weighted by Gasteiger charge is -2.34. The summed E-state index contributed by atoms with van der Waals surface area (Å²) in [5.41, 5.74) is 3.23. The van der Waals surface area contributed by atoms with Gasteiger partial charge in [0.2, 0.25) is 11.8 Å². The summed E-state index contributed by atoms with van der Waals surface area (Å²) in [6.07, 6.45) is 1.76. The van der Waals surface area contributed by atoms with Crippen LogP contribution in [0.5, 0.6) is 11.5 Å². The third-order valence-electron chi connectivity index (χ3n) is 6.16. The van der Waals surface area contributed by atoms with Crippen LogP contribution in [-0.4, -0.2) is 56.2 Å². The summed E-state index contributed by atoms with van der Waals surface area (Å²) < 4.78 is 10.6. The van der Waals surface area contributed by atoms with Gasteiger partial charge in [0, 0.05) is 38.2 Å². The zero-order chi connectivity index (χ0) is 25.5. The molecule has 1 aliphatic heterocycles. The summed E-state index contributed by atoms with van der Waals surface area (Å²) in [5.74, 6) is 1.37. The van der Waals surface area contributed by atoms with Gasteiger partial charge >= 0.3 is 0 Å². The number of anilines is 1. The molecule has 1 fully saturated rings. The summed E-state index contributed by atoms with van der Waals surface area (Å²) in [7, 11) is 3.12. The van der Waals surface area contributed by atoms with E-state index < -0.39 is 6.04 Å². The van der Waals surface area contributed by atoms with E-state index in [0.717, 1.165) is 16.8 Å². The highest BCUT2D eigenvalue weighted by Gasteiger charge is 2.27. The summed E-state index contributed by atoms with van der Waals surface area (Å²) >= 11 is 0. The maximum Gasteiger partial charge on any atom is 0.243 e. The number of pyridine rings is 1. The van der Waals surface area contributed by atoms with Crippen molar-refractivity contribution in [1.29, 1.82) is 5.26 Å². The van der Waals surface area contributed by atoms with E-state index in [1.165, 1.54) is 6.92 Å². The number of hydrogen-bond acceptors (Lipinski definition) is 7. The van der Waals surface area contributed by atoms with Crippen molar-refractivity contribution in [2.45, 2.75) is 52.1 Å². The predicted octanol–water partition coefficient (Wildman–Crippen LogP) is 2.42. The van der Waals surface area contributed by atoms with Crippen molar-refractivity contribution >= 4 is 17.6 Å². The van der Waals surface area contributed by atoms with Crippen molar-refractivity contribution in [3.8, 4) is 17.6 Å². The Kier molecular flexibility index (Phi) is 8.53. The molecule has 9 nitrogen and oxygen atoms in total. The highest BCUT2D eigenvalue weighted by Crippen LogP contribution is 2.28. The van der Waals surface area contributed by atoms with Crippen LogP contribution in [0.1, 0.15) is 42.1 Å². The standard InChI is InChI=1S/C26H33N5O4/c1-16-12-17(2)28-25(21(16)15-27)31-10-8-20(9-11-31)30-26(33)22(29-18(3)32)13-19-6-7-23(34-4)24(14-19)35-5/h6-7,12,14,20,22H,8-11,13H2,1-5H3,(H,29,32)(H,30,33)/t22-/m0/s1. The second kappa shape index (κ2) is 11.6. The third kappa shape index (κ3) is 6.41. The van der Waals surface area contributed by atoms with E-state index in [4.69, 9.17) is 9.47 Å². The SMILES string of the molecule is COc1ccc(C[C@H](NC(C)=O)C(=O)NC2CCN(c3nc(C)cc(C)c3C#N)CC2)cc1OC. The van der Waals surface area contributed by atoms with E-state index in [0.29, 0.717) is 55.2 Å². The summed E-state index contributed by atoms with van der Waals surface area (Å²) in [4.78, 5) is 31.6. The minimum Gasteiger partial charge on any atom is -0.493 e. The normalized spacial score (nSPS) is 14.6. The number of carbonyl (C=O) groups is 2. The van der Waals surface area contributed by atoms with Gasteiger partial charge in [-0.25, -0.2) is 4.98 Å². The van der Waals surface area contributed by atoms with E-state index in [-0.39, 0.29) is 17.9 Å². The Labute approximate surface area is 206 Å². The second-order valence-corrected chi connectivity index (χ2v) is 8.81. The molecule has 0 radical (unpaired) electrons. The van der Waals surface area contributed by atoms with E-state index in [2.05, 4.69) is 26.6 Å². The molecule has 9 heteroatoms. The largest absolute Gasteiger partial charge is 0.493 e. The van der Waals surface area contributed by atoms with Crippen molar-refractivity contribution in [2.75, 3.05) is 32.2 Å². The number of methoxy groups -OCH3 is 2. The minimum absolute atomic E-state index is 0.0307. The molecule has 2 amide bonds. The number of carbonyl (C=O) groups excluding carboxylic acids is 2. The summed E-state index contributed by atoms with van der Waals surface area (Å²) in [6.45, 7) is 6.60. The Hall–Kier alpha value is -3.80. The molecule has 1 saturated heterocycles. The van der Waals surface area contributed by atoms with Gasteiger partial charge in [0.1, 0.15) is 17.9 Å². The first-order valence-electron chi connectivity index (χ1n) is 11.7. The van der Waals surface area contributed by atoms with Gasteiger partial charge in [-0.3, -0.25) is 9.59 Å². The van der Waals surface area contributed by atoms with Crippen LogP contribution in [0.15, 0.2) is 24.3 Å². The van der Waals surface area contributed by atoms with Crippen LogP contribution < -0.4 is 25.0 Å². The number of aromatic nitrogens is 1. The van der Waals surface area contributed by atoms with Crippen molar-refractivity contribution in [1.82, 2.24) is 15.6 Å². The number of hydrogen-bond donors (Lipinski definition) is 2. The van der Waals surface area contributed by atoms with Gasteiger partial charge in [0.05, 0.1) is 19.8 Å². The Morgan fingerprint density at radius 1 is 1.17 bits per heavy atom. The molecule has 35 heavy (non-hydrogen) atoms. The number of piperidine rings is 1. The van der Waals surface area contributed by atoms with E-state index in [1.807, 2.05) is 32.0 Å². The van der Waals surface area contributed by atoms with Crippen LogP contribution >= 0.6 is 0 Å². The van der Waals surface area contributed by atoms with Crippen LogP contribution in [0.4, 0.5) is 5.82 Å². The molecule has 2 aromatic rings. The van der Waals surface area contributed by atoms with Crippen LogP contribution in [0.25, 0.3) is 0 Å². The van der Waals surface area contributed by atoms with Crippen LogP contribution in [0, 0.1) is 25.2 Å². The molecule has 0 aliphatic carbocycles. The first kappa shape index (κ1) is 25.8. The zero-order valence-electron chi connectivity index (χ0n) is 21.0. The van der Waals surface area contributed by atoms with Crippen LogP contribution in [-0.2, 0) is 16.0 Å². The zero-order valence-corrected chi connectivity index (χ0v) is 21.0. The van der Waals surface area contributed by atoms with Gasteiger partial charge < -0.3 is 25.0 Å². The van der Waals surface area contributed by atoms with Gasteiger partial charge in [-0.15, -0.1) is 0 Å². The lowest BCUT2D eigenvalue weighted by atomic mass is 10.0. The number of benzene rings is 1. The number of amides is 2. The number of nitrogens with one attached hydrogen (secondary N) is 2. The minimum atomic E-state index is -0.713. The molecule has 1 aromatic heterocycles. The molecule has 0 spiro atoms. The lowest BCUT2D eigenvalue weighted by molar-refractivity contribution is -0.128. The Balaban J connectivity index is 1.66. The highest BCUT2D eigenvalue weighted by atomic mass is 16.5. The molecule has 3 rings (SSSR count). The maximum atomic E-state index is 13.1. The van der Waals surface area contributed by atoms with Crippen molar-refractivity contribution < 1.29 is 19.1 Å². The fourth-order valence-corrected chi connectivity index (χ4v) is 4.42. The Morgan fingerprint density at radius 3 is 2.46 bits per heavy atom. The molecule has 0 saturated carbocycles. The molecule has 2 N–H and O–H groups in total. The maximum absolute atomic E-state index is 13.1. The number of nitrogens with zero attached hydrogens (tertiary/aromatic N) is 3. The number of rotatable bonds is 8. The van der Waals surface area contributed by atoms with E-state index >= 15 is 0 Å². The van der Waals surface area contributed by atoms with Gasteiger partial charge in [-0.1, -0.05) is 6.07 Å². The Morgan fingerprint density at radius 2 is 1.86 bits per heavy atom. The highest BCUT2D eigenvalue weighted by molar-refractivity contribution is 5.87. The molecule has 1 atom stereocenters. The van der Waals surface area contributed by atoms with Crippen LogP contribution in [0.2, 0.25) is 0 Å². The number of ether oxygens (including phenoxy) is 2. The number of nitriles is 1. The lowest BCUT2D eigenvalue weighted by Crippen LogP contribution is -2.52. The van der Waals surface area contributed by atoms with E-state index in [9.17, 15) is 14.9 Å². The summed E-state index contributed by atoms with van der Waals surface area (Å²) in [5, 5.41) is 15.4. The average molecular weight is 480 g/mol. The molecule has 0 bridgehead atoms. The second-order valence-electron chi connectivity index (χ2n) is 8.81.